The predicted molar refractivity (Wildman–Crippen MR) is 87.8 cm³/mol. The van der Waals surface area contributed by atoms with E-state index in [4.69, 9.17) is 0 Å². The molecule has 2 aromatic rings. The number of unbranched alkanes of at least 4 members (excludes halogenated alkanes) is 1. The highest BCUT2D eigenvalue weighted by atomic mass is 16.2. The first-order valence-corrected chi connectivity index (χ1v) is 7.34. The maximum atomic E-state index is 11.8. The first-order chi connectivity index (χ1) is 11.1. The van der Waals surface area contributed by atoms with Gasteiger partial charge >= 0.3 is 5.69 Å². The molecule has 0 spiro atoms. The molecule has 7 heteroatoms. The first kappa shape index (κ1) is 16.4. The number of nitrogens with zero attached hydrogens (tertiary/aromatic N) is 1. The van der Waals surface area contributed by atoms with Gasteiger partial charge in [-0.25, -0.2) is 10.2 Å². The maximum Gasteiger partial charge on any atom is 0.325 e. The Hall–Kier alpha value is -2.96. The van der Waals surface area contributed by atoms with Crippen LogP contribution in [0.2, 0.25) is 0 Å². The minimum atomic E-state index is -0.762. The van der Waals surface area contributed by atoms with Crippen molar-refractivity contribution in [3.05, 3.63) is 68.0 Å². The van der Waals surface area contributed by atoms with Crippen molar-refractivity contribution in [2.75, 3.05) is 0 Å². The third-order valence-corrected chi connectivity index (χ3v) is 3.24. The molecule has 0 fully saturated rings. The largest absolute Gasteiger partial charge is 0.325 e. The number of amides is 1. The molecule has 0 saturated heterocycles. The highest BCUT2D eigenvalue weighted by molar-refractivity contribution is 5.94. The molecule has 0 atom stereocenters. The van der Waals surface area contributed by atoms with Gasteiger partial charge in [0.1, 0.15) is 5.56 Å². The third kappa shape index (κ3) is 4.77. The number of rotatable bonds is 6. The third-order valence-electron chi connectivity index (χ3n) is 3.24. The van der Waals surface area contributed by atoms with Crippen LogP contribution in [0, 0.1) is 0 Å². The first-order valence-electron chi connectivity index (χ1n) is 7.34. The molecule has 0 bridgehead atoms. The van der Waals surface area contributed by atoms with Crippen LogP contribution in [0.15, 0.2) is 45.2 Å². The number of H-pyrrole nitrogens is 2. The molecule has 0 saturated carbocycles. The number of aromatic amines is 2. The molecule has 7 nitrogen and oxygen atoms in total. The van der Waals surface area contributed by atoms with Gasteiger partial charge in [0.15, 0.2) is 0 Å². The molecular weight excluding hydrogens is 296 g/mol. The molecule has 0 aliphatic rings. The van der Waals surface area contributed by atoms with Gasteiger partial charge in [0.25, 0.3) is 11.5 Å². The van der Waals surface area contributed by atoms with Gasteiger partial charge in [-0.2, -0.15) is 5.10 Å². The monoisotopic (exact) mass is 314 g/mol. The fourth-order valence-corrected chi connectivity index (χ4v) is 1.96. The van der Waals surface area contributed by atoms with Crippen LogP contribution in [0.1, 0.15) is 41.3 Å². The summed E-state index contributed by atoms with van der Waals surface area (Å²) in [7, 11) is 0. The van der Waals surface area contributed by atoms with Crippen molar-refractivity contribution in [2.24, 2.45) is 5.10 Å². The van der Waals surface area contributed by atoms with Gasteiger partial charge in [-0.15, -0.1) is 0 Å². The Morgan fingerprint density at radius 1 is 1.26 bits per heavy atom. The van der Waals surface area contributed by atoms with Gasteiger partial charge in [0.05, 0.1) is 6.21 Å². The van der Waals surface area contributed by atoms with E-state index in [9.17, 15) is 14.4 Å². The number of benzene rings is 1. The molecule has 0 aliphatic heterocycles. The number of carbonyl (C=O) groups excluding carboxylic acids is 1. The van der Waals surface area contributed by atoms with Crippen molar-refractivity contribution in [3.63, 3.8) is 0 Å². The number of hydrogen-bond donors (Lipinski definition) is 3. The van der Waals surface area contributed by atoms with Gasteiger partial charge in [-0.05, 0) is 24.0 Å². The Labute approximate surface area is 132 Å². The van der Waals surface area contributed by atoms with E-state index in [1.54, 1.807) is 0 Å². The summed E-state index contributed by atoms with van der Waals surface area (Å²) >= 11 is 0. The van der Waals surface area contributed by atoms with Crippen LogP contribution >= 0.6 is 0 Å². The predicted octanol–water partition coefficient (Wildman–Crippen LogP) is 1.17. The molecule has 120 valence electrons. The zero-order valence-corrected chi connectivity index (χ0v) is 12.8. The highest BCUT2D eigenvalue weighted by Gasteiger charge is 2.09. The summed E-state index contributed by atoms with van der Waals surface area (Å²) in [6.45, 7) is 2.15. The number of carbonyl (C=O) groups is 1. The summed E-state index contributed by atoms with van der Waals surface area (Å²) < 4.78 is 0. The molecule has 0 radical (unpaired) electrons. The second kappa shape index (κ2) is 7.88. The molecule has 0 unspecified atom stereocenters. The summed E-state index contributed by atoms with van der Waals surface area (Å²) in [6, 6.07) is 7.86. The average molecular weight is 314 g/mol. The van der Waals surface area contributed by atoms with Crippen molar-refractivity contribution in [1.29, 1.82) is 0 Å². The topological polar surface area (TPSA) is 107 Å². The van der Waals surface area contributed by atoms with E-state index < -0.39 is 17.2 Å². The van der Waals surface area contributed by atoms with Crippen LogP contribution in [0.5, 0.6) is 0 Å². The Bertz CT molecular complexity index is 803. The van der Waals surface area contributed by atoms with Gasteiger partial charge in [0.2, 0.25) is 0 Å². The number of hydrazone groups is 1. The van der Waals surface area contributed by atoms with Gasteiger partial charge in [-0.3, -0.25) is 14.6 Å². The van der Waals surface area contributed by atoms with Gasteiger partial charge < -0.3 is 4.98 Å². The minimum absolute atomic E-state index is 0.211. The lowest BCUT2D eigenvalue weighted by Gasteiger charge is -2.00. The van der Waals surface area contributed by atoms with Crippen LogP contribution in [0.3, 0.4) is 0 Å². The lowest BCUT2D eigenvalue weighted by atomic mass is 10.1. The number of aryl methyl sites for hydroxylation is 1. The van der Waals surface area contributed by atoms with E-state index in [2.05, 4.69) is 22.4 Å². The van der Waals surface area contributed by atoms with Crippen LogP contribution < -0.4 is 16.7 Å². The van der Waals surface area contributed by atoms with Crippen LogP contribution in [-0.2, 0) is 6.42 Å². The van der Waals surface area contributed by atoms with Crippen molar-refractivity contribution in [3.8, 4) is 0 Å². The fourth-order valence-electron chi connectivity index (χ4n) is 1.96. The summed E-state index contributed by atoms with van der Waals surface area (Å²) in [6.07, 6.45) is 5.88. The average Bonchev–Trinajstić information content (AvgIpc) is 2.54. The molecule has 2 rings (SSSR count). The van der Waals surface area contributed by atoms with E-state index in [0.717, 1.165) is 31.0 Å². The zero-order chi connectivity index (χ0) is 16.7. The number of aromatic nitrogens is 2. The minimum Gasteiger partial charge on any atom is -0.313 e. The summed E-state index contributed by atoms with van der Waals surface area (Å²) in [4.78, 5) is 38.3. The molecule has 0 aliphatic carbocycles. The molecular formula is C16H18N4O3. The Morgan fingerprint density at radius 3 is 2.65 bits per heavy atom. The standard InChI is InChI=1S/C16H18N4O3/c1-2-3-4-11-5-7-12(8-6-11)9-18-20-15(22)13-10-17-16(23)19-14(13)21/h5-10H,2-4H2,1H3,(H,20,22)(H2,17,19,21,23)/b18-9-. The Balaban J connectivity index is 1.96. The number of nitrogens with one attached hydrogen (secondary N) is 3. The molecule has 1 aromatic heterocycles. The smallest absolute Gasteiger partial charge is 0.313 e. The second-order valence-corrected chi connectivity index (χ2v) is 5.03. The molecule has 1 heterocycles. The van der Waals surface area contributed by atoms with E-state index in [-0.39, 0.29) is 5.56 Å². The second-order valence-electron chi connectivity index (χ2n) is 5.03. The van der Waals surface area contributed by atoms with Crippen LogP contribution in [-0.4, -0.2) is 22.1 Å². The fraction of sp³-hybridized carbons (Fsp3) is 0.250. The molecule has 1 amide bonds. The number of hydrogen-bond acceptors (Lipinski definition) is 4. The van der Waals surface area contributed by atoms with Crippen molar-refractivity contribution in [2.45, 2.75) is 26.2 Å². The molecule has 3 N–H and O–H groups in total. The van der Waals surface area contributed by atoms with E-state index in [1.807, 2.05) is 29.2 Å². The quantitative estimate of drug-likeness (QED) is 0.550. The van der Waals surface area contributed by atoms with Gasteiger partial charge in [0, 0.05) is 6.20 Å². The van der Waals surface area contributed by atoms with Crippen LogP contribution in [0.4, 0.5) is 0 Å². The Morgan fingerprint density at radius 2 is 2.00 bits per heavy atom. The highest BCUT2D eigenvalue weighted by Crippen LogP contribution is 2.06. The van der Waals surface area contributed by atoms with Crippen LogP contribution in [0.25, 0.3) is 0 Å². The van der Waals surface area contributed by atoms with Crippen molar-refractivity contribution >= 4 is 12.1 Å². The maximum absolute atomic E-state index is 11.8. The zero-order valence-electron chi connectivity index (χ0n) is 12.8. The lowest BCUT2D eigenvalue weighted by Crippen LogP contribution is -2.31. The summed E-state index contributed by atoms with van der Waals surface area (Å²) in [5, 5.41) is 3.80. The van der Waals surface area contributed by atoms with E-state index in [1.165, 1.54) is 11.8 Å². The molecule has 1 aromatic carbocycles. The van der Waals surface area contributed by atoms with Crippen molar-refractivity contribution < 1.29 is 4.79 Å². The molecule has 23 heavy (non-hydrogen) atoms. The normalized spacial score (nSPS) is 10.8. The van der Waals surface area contributed by atoms with E-state index >= 15 is 0 Å². The lowest BCUT2D eigenvalue weighted by molar-refractivity contribution is 0.0953. The Kier molecular flexibility index (Phi) is 5.62. The van der Waals surface area contributed by atoms with Gasteiger partial charge in [-0.1, -0.05) is 37.6 Å². The van der Waals surface area contributed by atoms with Crippen molar-refractivity contribution in [1.82, 2.24) is 15.4 Å². The summed E-state index contributed by atoms with van der Waals surface area (Å²) in [5.41, 5.74) is 2.69. The SMILES string of the molecule is CCCCc1ccc(/C=N\NC(=O)c2c[nH]c(=O)[nH]c2=O)cc1. The summed E-state index contributed by atoms with van der Waals surface area (Å²) in [5.74, 6) is -0.696. The van der Waals surface area contributed by atoms with E-state index in [0.29, 0.717) is 0 Å².